The van der Waals surface area contributed by atoms with Crippen molar-refractivity contribution in [3.63, 3.8) is 0 Å². The summed E-state index contributed by atoms with van der Waals surface area (Å²) in [6.07, 6.45) is -6.17. The van der Waals surface area contributed by atoms with Crippen LogP contribution in [0, 0.1) is 55.9 Å². The number of nitro benzene ring substituents is 1. The summed E-state index contributed by atoms with van der Waals surface area (Å²) in [4.78, 5) is 145. The van der Waals surface area contributed by atoms with Crippen molar-refractivity contribution in [3.05, 3.63) is 39.9 Å². The minimum atomic E-state index is -3.71. The molecule has 0 aromatic heterocycles. The zero-order valence-electron chi connectivity index (χ0n) is 53.5. The van der Waals surface area contributed by atoms with Crippen LogP contribution in [0.25, 0.3) is 0 Å². The molecule has 0 saturated heterocycles. The number of carbonyl (C=O) groups excluding carboxylic acids is 9. The van der Waals surface area contributed by atoms with Crippen molar-refractivity contribution in [2.75, 3.05) is 28.2 Å². The number of ketones is 7. The first-order chi connectivity index (χ1) is 36.9. The van der Waals surface area contributed by atoms with Crippen LogP contribution in [-0.2, 0) is 59.2 Å². The van der Waals surface area contributed by atoms with Crippen LogP contribution in [0.3, 0.4) is 0 Å². The predicted molar refractivity (Wildman–Crippen MR) is 289 cm³/mol. The van der Waals surface area contributed by atoms with Gasteiger partial charge in [0.05, 0.1) is 21.2 Å². The molecular weight excluding hydrogens is 1010 g/mol. The smallest absolute Gasteiger partial charge is 0.346 e. The van der Waals surface area contributed by atoms with E-state index in [-0.39, 0.29) is 27.2 Å². The predicted octanol–water partition coefficient (Wildman–Crippen LogP) is 4.02. The SMILES string of the molecule is [2H]N(C)[C@@](C(=O)CC(C)(C(=O)CC(C)C)[C@@](O)(C(=O)CC(C)(C(=O)CC(C)C)[C@@](O)(C(=O)CC(C)(C(=O)CC(C)C)[C@@](O)(C(=O)C(O)(C(=O)OC(C)(C)C)C(C)C)N([2H])C)N([2H])C)N([2H])C)(C(=O)OCc1ccc([N+](=O)[O-])cc1)C(C)C. The van der Waals surface area contributed by atoms with Gasteiger partial charge in [-0.25, -0.2) is 9.59 Å². The summed E-state index contributed by atoms with van der Waals surface area (Å²) in [5.41, 5.74) is -27.4. The van der Waals surface area contributed by atoms with Gasteiger partial charge in [0.1, 0.15) is 35.2 Å². The number of hydrogen-bond acceptors (Lipinski definition) is 21. The number of aliphatic hydroxyl groups is 4. The molecule has 1 aromatic carbocycles. The van der Waals surface area contributed by atoms with E-state index >= 15 is 24.0 Å². The number of esters is 2. The first kappa shape index (κ1) is 63.8. The van der Waals surface area contributed by atoms with Crippen LogP contribution in [0.15, 0.2) is 24.3 Å². The lowest BCUT2D eigenvalue weighted by Crippen LogP contribution is -2.74. The van der Waals surface area contributed by atoms with Crippen molar-refractivity contribution in [2.24, 2.45) is 45.8 Å². The molecule has 0 saturated carbocycles. The Morgan fingerprint density at radius 1 is 0.538 bits per heavy atom. The van der Waals surface area contributed by atoms with Crippen molar-refractivity contribution >= 4 is 58.1 Å². The number of ether oxygens (including phenoxy) is 2. The second-order valence-corrected chi connectivity index (χ2v) is 23.9. The maximum Gasteiger partial charge on any atom is 0.346 e. The van der Waals surface area contributed by atoms with Crippen LogP contribution in [0.1, 0.15) is 155 Å². The van der Waals surface area contributed by atoms with E-state index in [0.29, 0.717) is 5.31 Å². The van der Waals surface area contributed by atoms with E-state index in [2.05, 4.69) is 0 Å². The molecule has 0 aliphatic heterocycles. The van der Waals surface area contributed by atoms with Crippen molar-refractivity contribution in [3.8, 4) is 0 Å². The lowest BCUT2D eigenvalue weighted by molar-refractivity contribution is -0.384. The Kier molecular flexibility index (Phi) is 21.6. The second kappa shape index (κ2) is 26.5. The van der Waals surface area contributed by atoms with Crippen LogP contribution in [0.4, 0.5) is 5.69 Å². The van der Waals surface area contributed by atoms with Crippen LogP contribution >= 0.6 is 0 Å². The molecule has 1 rings (SSSR count). The number of nitrogens with zero attached hydrogens (tertiary/aromatic N) is 1. The first-order valence-electron chi connectivity index (χ1n) is 27.9. The molecule has 4 unspecified atom stereocenters. The summed E-state index contributed by atoms with van der Waals surface area (Å²) >= 11 is 0. The third-order valence-corrected chi connectivity index (χ3v) is 14.9. The Morgan fingerprint density at radius 2 is 0.885 bits per heavy atom. The average molecular weight is 1110 g/mol. The molecule has 78 heavy (non-hydrogen) atoms. The molecule has 0 aliphatic carbocycles. The number of nitrogens with one attached hydrogen (secondary N) is 4. The molecule has 0 aliphatic rings. The van der Waals surface area contributed by atoms with Gasteiger partial charge in [0, 0.05) is 56.6 Å². The molecule has 0 spiro atoms. The number of non-ortho nitro benzene ring substituents is 1. The summed E-state index contributed by atoms with van der Waals surface area (Å²) in [5.74, 6) is -17.5. The normalized spacial score (nSPS) is 19.4. The number of nitro groups is 1. The molecule has 22 nitrogen and oxygen atoms in total. The highest BCUT2D eigenvalue weighted by Crippen LogP contribution is 2.48. The Balaban J connectivity index is 4.59. The Labute approximate surface area is 465 Å². The first-order valence-corrected chi connectivity index (χ1v) is 26.1. The third kappa shape index (κ3) is 14.1. The standard InChI is InChI=1S/C56H91N5O17/c1-32(2)25-39(62)49(14,28-42(65)52(57-17,35(7)8)46(69)77-31-37-21-23-38(24-22-37)61(75)76)54(72,58-18)43(66)29-50(15,40(63)26-33(3)4)55(73,59-19)44(67)30-51(16,41(64)27-34(5)6)56(74,60-20)45(68)53(71,36(9)10)47(70)78-48(11,12)13/h21-24,32-36,57-60,71-74H,25-31H2,1-20H3/t49?,50?,51?,52-,53?,54-,55-,56-/m0/s1/i/hD4. The Morgan fingerprint density at radius 3 is 1.17 bits per heavy atom. The topological polar surface area (TPSA) is 344 Å². The summed E-state index contributed by atoms with van der Waals surface area (Å²) in [6.45, 7) is 20.7. The molecular formula is C56H91N5O17. The van der Waals surface area contributed by atoms with Gasteiger partial charge in [-0.2, -0.15) is 0 Å². The number of likely N-dealkylation sites (N-methyl/N-ethyl adjacent to an activating group) is 4. The average Bonchev–Trinajstić information content (AvgIpc) is 3.32. The quantitative estimate of drug-likeness (QED) is 0.0159. The van der Waals surface area contributed by atoms with E-state index < -0.39 is 182 Å². The van der Waals surface area contributed by atoms with Crippen LogP contribution in [-0.4, -0.2) is 140 Å². The fourth-order valence-corrected chi connectivity index (χ4v) is 9.67. The highest BCUT2D eigenvalue weighted by molar-refractivity contribution is 6.14. The number of hydrogen-bond donors (Lipinski definition) is 8. The third-order valence-electron chi connectivity index (χ3n) is 14.9. The van der Waals surface area contributed by atoms with Gasteiger partial charge in [-0.15, -0.1) is 0 Å². The highest BCUT2D eigenvalue weighted by atomic mass is 16.6. The van der Waals surface area contributed by atoms with Crippen molar-refractivity contribution < 1.29 is 83.6 Å². The van der Waals surface area contributed by atoms with E-state index in [1.54, 1.807) is 27.7 Å². The maximum absolute atomic E-state index is 15.6. The van der Waals surface area contributed by atoms with Gasteiger partial charge in [-0.3, -0.25) is 64.9 Å². The van der Waals surface area contributed by atoms with Crippen LogP contribution in [0.5, 0.6) is 0 Å². The minimum Gasteiger partial charge on any atom is -0.459 e. The molecule has 0 bridgehead atoms. The second-order valence-electron chi connectivity index (χ2n) is 23.9. The van der Waals surface area contributed by atoms with Crippen LogP contribution < -0.4 is 21.2 Å². The van der Waals surface area contributed by atoms with Gasteiger partial charge < -0.3 is 29.9 Å². The largest absolute Gasteiger partial charge is 0.459 e. The fraction of sp³-hybridized carbons (Fsp3) is 0.732. The molecule has 0 amide bonds. The van der Waals surface area contributed by atoms with Crippen molar-refractivity contribution in [1.29, 1.82) is 0 Å². The summed E-state index contributed by atoms with van der Waals surface area (Å²) in [6, 6.07) is 4.84. The molecule has 0 heterocycles. The van der Waals surface area contributed by atoms with E-state index in [1.807, 2.05) is 0 Å². The highest BCUT2D eigenvalue weighted by Gasteiger charge is 2.68. The Bertz CT molecular complexity index is 2550. The number of rotatable bonds is 34. The molecule has 0 radical (unpaired) electrons. The van der Waals surface area contributed by atoms with Gasteiger partial charge in [-0.1, -0.05) is 69.2 Å². The molecule has 1 aromatic rings. The zero-order chi connectivity index (χ0) is 64.8. The molecule has 0 fully saturated rings. The van der Waals surface area contributed by atoms with Gasteiger partial charge in [0.15, 0.2) is 40.1 Å². The van der Waals surface area contributed by atoms with E-state index in [0.717, 1.165) is 61.1 Å². The van der Waals surface area contributed by atoms with E-state index in [9.17, 15) is 49.7 Å². The number of carbonyl (C=O) groups is 9. The molecule has 8 atom stereocenters. The molecule has 442 valence electrons. The lowest BCUT2D eigenvalue weighted by Gasteiger charge is -2.49. The van der Waals surface area contributed by atoms with Crippen molar-refractivity contribution in [1.82, 2.24) is 21.2 Å². The molecule has 22 heteroatoms. The maximum atomic E-state index is 15.6. The summed E-state index contributed by atoms with van der Waals surface area (Å²) < 4.78 is 46.6. The minimum absolute atomic E-state index is 0.0281. The zero-order valence-corrected chi connectivity index (χ0v) is 49.5. The van der Waals surface area contributed by atoms with Crippen molar-refractivity contribution in [2.45, 2.75) is 190 Å². The summed E-state index contributed by atoms with van der Waals surface area (Å²) in [7, 11) is 3.38. The number of benzene rings is 1. The van der Waals surface area contributed by atoms with Gasteiger partial charge >= 0.3 is 11.9 Å². The van der Waals surface area contributed by atoms with E-state index in [4.69, 9.17) is 15.1 Å². The fourth-order valence-electron chi connectivity index (χ4n) is 9.67. The van der Waals surface area contributed by atoms with Gasteiger partial charge in [0.25, 0.3) is 5.69 Å². The molecule has 8 N–H and O–H groups in total. The lowest BCUT2D eigenvalue weighted by atomic mass is 9.59. The van der Waals surface area contributed by atoms with Crippen LogP contribution in [0.2, 0.25) is 5.65 Å². The van der Waals surface area contributed by atoms with E-state index in [1.165, 1.54) is 74.4 Å². The summed E-state index contributed by atoms with van der Waals surface area (Å²) in [5, 5.41) is 63.1. The monoisotopic (exact) mass is 1110 g/mol. The van der Waals surface area contributed by atoms with Gasteiger partial charge in [0.2, 0.25) is 11.4 Å². The Hall–Kier alpha value is -5.07. The van der Waals surface area contributed by atoms with Gasteiger partial charge in [-0.05, 0) is 111 Å². The number of Topliss-reactive ketones (excluding diaryl/α,β-unsaturated/α-hetero) is 7.